The van der Waals surface area contributed by atoms with E-state index < -0.39 is 0 Å². The van der Waals surface area contributed by atoms with E-state index in [2.05, 4.69) is 0 Å². The number of hydrogen-bond acceptors (Lipinski definition) is 4. The van der Waals surface area contributed by atoms with Crippen LogP contribution < -0.4 is 11.5 Å². The molecule has 6 N–H and O–H groups in total. The number of hydrogen-bond donors (Lipinski definition) is 4. The molecule has 0 amide bonds. The maximum absolute atomic E-state index is 8.70. The van der Waals surface area contributed by atoms with Crippen molar-refractivity contribution in [2.45, 2.75) is 0 Å². The highest BCUT2D eigenvalue weighted by atomic mass is 16.3. The molecule has 0 aliphatic rings. The Morgan fingerprint density at radius 3 is 1.83 bits per heavy atom. The van der Waals surface area contributed by atoms with E-state index in [4.69, 9.17) is 21.7 Å². The molecule has 1 rings (SSSR count). The molecule has 0 aliphatic carbocycles. The number of phenolic OH excluding ortho intramolecular Hbond substituents is 1. The molecular formula is C8H14N2O2. The number of aromatic hydroxyl groups is 1. The number of nitrogen functional groups attached to an aromatic ring is 1. The third-order valence-electron chi connectivity index (χ3n) is 1.02. The van der Waals surface area contributed by atoms with Gasteiger partial charge >= 0.3 is 0 Å². The number of phenols is 1. The Kier molecular flexibility index (Phi) is 5.77. The fourth-order valence-corrected chi connectivity index (χ4v) is 0.474. The minimum atomic E-state index is 0.0972. The van der Waals surface area contributed by atoms with Crippen LogP contribution in [0.15, 0.2) is 24.3 Å². The average molecular weight is 170 g/mol. The van der Waals surface area contributed by atoms with Crippen LogP contribution in [0.2, 0.25) is 0 Å². The summed E-state index contributed by atoms with van der Waals surface area (Å²) in [5.41, 5.74) is 10.8. The lowest BCUT2D eigenvalue weighted by Gasteiger charge is -1.89. The Bertz CT molecular complexity index is 176. The van der Waals surface area contributed by atoms with Crippen molar-refractivity contribution >= 4 is 5.69 Å². The van der Waals surface area contributed by atoms with Gasteiger partial charge in [0.25, 0.3) is 0 Å². The van der Waals surface area contributed by atoms with Gasteiger partial charge in [-0.25, -0.2) is 0 Å². The largest absolute Gasteiger partial charge is 0.508 e. The van der Waals surface area contributed by atoms with Gasteiger partial charge in [-0.15, -0.1) is 0 Å². The Hall–Kier alpha value is -1.26. The molecule has 12 heavy (non-hydrogen) atoms. The van der Waals surface area contributed by atoms with Gasteiger partial charge in [0.1, 0.15) is 5.75 Å². The highest BCUT2D eigenvalue weighted by molar-refractivity contribution is 5.40. The quantitative estimate of drug-likeness (QED) is 0.350. The summed E-state index contributed by atoms with van der Waals surface area (Å²) in [5.74, 6) is 0.249. The zero-order chi connectivity index (χ0) is 9.40. The van der Waals surface area contributed by atoms with E-state index >= 15 is 0 Å². The van der Waals surface area contributed by atoms with Gasteiger partial charge in [0.05, 0.1) is 6.61 Å². The van der Waals surface area contributed by atoms with E-state index in [0.717, 1.165) is 0 Å². The van der Waals surface area contributed by atoms with Gasteiger partial charge in [-0.1, -0.05) is 0 Å². The van der Waals surface area contributed by atoms with Gasteiger partial charge in [0.15, 0.2) is 0 Å². The van der Waals surface area contributed by atoms with Gasteiger partial charge in [0, 0.05) is 12.2 Å². The number of benzene rings is 1. The number of aliphatic hydroxyl groups excluding tert-OH is 1. The average Bonchev–Trinajstić information content (AvgIpc) is 2.11. The summed E-state index contributed by atoms with van der Waals surface area (Å²) in [6.45, 7) is 0.472. The lowest BCUT2D eigenvalue weighted by Crippen LogP contribution is -2.02. The van der Waals surface area contributed by atoms with E-state index in [9.17, 15) is 0 Å². The van der Waals surface area contributed by atoms with Gasteiger partial charge in [-0.05, 0) is 24.3 Å². The molecule has 0 fully saturated rings. The first kappa shape index (κ1) is 10.7. The van der Waals surface area contributed by atoms with Gasteiger partial charge in [0.2, 0.25) is 0 Å². The van der Waals surface area contributed by atoms with Crippen molar-refractivity contribution in [3.8, 4) is 5.75 Å². The van der Waals surface area contributed by atoms with E-state index in [0.29, 0.717) is 12.2 Å². The van der Waals surface area contributed by atoms with Crippen LogP contribution in [0.1, 0.15) is 0 Å². The minimum Gasteiger partial charge on any atom is -0.508 e. The summed E-state index contributed by atoms with van der Waals surface area (Å²) >= 11 is 0. The summed E-state index contributed by atoms with van der Waals surface area (Å²) in [7, 11) is 0. The molecule has 0 atom stereocenters. The van der Waals surface area contributed by atoms with Crippen molar-refractivity contribution in [2.24, 2.45) is 5.73 Å². The number of rotatable bonds is 1. The highest BCUT2D eigenvalue weighted by Gasteiger charge is 1.82. The molecule has 0 radical (unpaired) electrons. The number of aliphatic hydroxyl groups is 1. The molecule has 1 aromatic rings. The van der Waals surface area contributed by atoms with Crippen LogP contribution >= 0.6 is 0 Å². The maximum Gasteiger partial charge on any atom is 0.115 e. The molecule has 1 aromatic carbocycles. The van der Waals surface area contributed by atoms with Crippen LogP contribution in [0.5, 0.6) is 5.75 Å². The van der Waals surface area contributed by atoms with Crippen LogP contribution in [-0.2, 0) is 0 Å². The zero-order valence-corrected chi connectivity index (χ0v) is 6.77. The van der Waals surface area contributed by atoms with Crippen LogP contribution in [0, 0.1) is 0 Å². The molecule has 0 aromatic heterocycles. The van der Waals surface area contributed by atoms with E-state index in [1.165, 1.54) is 0 Å². The van der Waals surface area contributed by atoms with E-state index in [1.54, 1.807) is 24.3 Å². The third-order valence-corrected chi connectivity index (χ3v) is 1.02. The first-order valence-electron chi connectivity index (χ1n) is 3.56. The molecule has 4 nitrogen and oxygen atoms in total. The Balaban J connectivity index is 0.000000261. The molecule has 0 aliphatic heterocycles. The second-order valence-corrected chi connectivity index (χ2v) is 2.10. The summed E-state index contributed by atoms with van der Waals surface area (Å²) in [4.78, 5) is 0. The molecule has 0 unspecified atom stereocenters. The SMILES string of the molecule is NCCO.Nc1ccc(O)cc1. The fraction of sp³-hybridized carbons (Fsp3) is 0.250. The van der Waals surface area contributed by atoms with Crippen LogP contribution in [0.25, 0.3) is 0 Å². The molecule has 4 heteroatoms. The maximum atomic E-state index is 8.70. The molecule has 0 saturated carbocycles. The Labute approximate surface area is 71.4 Å². The molecule has 0 spiro atoms. The molecule has 0 saturated heterocycles. The van der Waals surface area contributed by atoms with Gasteiger partial charge < -0.3 is 21.7 Å². The topological polar surface area (TPSA) is 92.5 Å². The lowest BCUT2D eigenvalue weighted by atomic mass is 10.3. The predicted octanol–water partition coefficient (Wildman–Crippen LogP) is -0.0882. The summed E-state index contributed by atoms with van der Waals surface area (Å²) in [6.07, 6.45) is 0. The number of anilines is 1. The lowest BCUT2D eigenvalue weighted by molar-refractivity contribution is 0.306. The Morgan fingerprint density at radius 2 is 1.58 bits per heavy atom. The second kappa shape index (κ2) is 6.45. The van der Waals surface area contributed by atoms with Crippen molar-refractivity contribution in [3.05, 3.63) is 24.3 Å². The molecule has 0 bridgehead atoms. The summed E-state index contributed by atoms with van der Waals surface area (Å²) < 4.78 is 0. The third kappa shape index (κ3) is 5.52. The zero-order valence-electron chi connectivity index (χ0n) is 6.77. The molecule has 0 heterocycles. The van der Waals surface area contributed by atoms with Crippen LogP contribution in [0.4, 0.5) is 5.69 Å². The smallest absolute Gasteiger partial charge is 0.115 e. The van der Waals surface area contributed by atoms with Crippen molar-refractivity contribution in [3.63, 3.8) is 0 Å². The van der Waals surface area contributed by atoms with Crippen molar-refractivity contribution in [1.82, 2.24) is 0 Å². The van der Waals surface area contributed by atoms with Gasteiger partial charge in [-0.3, -0.25) is 0 Å². The standard InChI is InChI=1S/C6H7NO.C2H7NO/c7-5-1-3-6(8)4-2-5;3-1-2-4/h1-4,8H,7H2;4H,1-3H2. The van der Waals surface area contributed by atoms with E-state index in [-0.39, 0.29) is 12.4 Å². The predicted molar refractivity (Wildman–Crippen MR) is 48.7 cm³/mol. The minimum absolute atomic E-state index is 0.0972. The van der Waals surface area contributed by atoms with Crippen molar-refractivity contribution in [2.75, 3.05) is 18.9 Å². The first-order valence-corrected chi connectivity index (χ1v) is 3.56. The fourth-order valence-electron chi connectivity index (χ4n) is 0.474. The number of nitrogens with two attached hydrogens (primary N) is 2. The summed E-state index contributed by atoms with van der Waals surface area (Å²) in [5, 5.41) is 16.5. The first-order chi connectivity index (χ1) is 5.70. The second-order valence-electron chi connectivity index (χ2n) is 2.10. The Morgan fingerprint density at radius 1 is 1.17 bits per heavy atom. The van der Waals surface area contributed by atoms with Crippen LogP contribution in [-0.4, -0.2) is 23.4 Å². The normalized spacial score (nSPS) is 8.50. The van der Waals surface area contributed by atoms with Crippen molar-refractivity contribution < 1.29 is 10.2 Å². The van der Waals surface area contributed by atoms with Crippen LogP contribution in [0.3, 0.4) is 0 Å². The molecular weight excluding hydrogens is 156 g/mol. The highest BCUT2D eigenvalue weighted by Crippen LogP contribution is 2.09. The van der Waals surface area contributed by atoms with Crippen molar-refractivity contribution in [1.29, 1.82) is 0 Å². The van der Waals surface area contributed by atoms with Gasteiger partial charge in [-0.2, -0.15) is 0 Å². The summed E-state index contributed by atoms with van der Waals surface area (Å²) in [6, 6.07) is 6.40. The monoisotopic (exact) mass is 170 g/mol. The molecule has 68 valence electrons. The van der Waals surface area contributed by atoms with E-state index in [1.807, 2.05) is 0 Å².